The Morgan fingerprint density at radius 3 is 2.59 bits per heavy atom. The molecule has 0 saturated carbocycles. The highest BCUT2D eigenvalue weighted by Gasteiger charge is 2.31. The number of ether oxygens (including phenoxy) is 2. The van der Waals surface area contributed by atoms with Gasteiger partial charge in [-0.3, -0.25) is 4.79 Å². The molecule has 2 aliphatic heterocycles. The molecule has 194 valence electrons. The molecule has 0 aliphatic carbocycles. The van der Waals surface area contributed by atoms with Crippen molar-refractivity contribution in [2.24, 2.45) is 0 Å². The van der Waals surface area contributed by atoms with Crippen molar-refractivity contribution >= 4 is 17.3 Å². The lowest BCUT2D eigenvalue weighted by Gasteiger charge is -2.33. The fourth-order valence-electron chi connectivity index (χ4n) is 4.80. The van der Waals surface area contributed by atoms with Gasteiger partial charge in [0.1, 0.15) is 17.3 Å². The molecule has 0 radical (unpaired) electrons. The van der Waals surface area contributed by atoms with Crippen LogP contribution in [0.4, 0.5) is 20.2 Å². The number of amides is 1. The van der Waals surface area contributed by atoms with E-state index in [-0.39, 0.29) is 36.5 Å². The van der Waals surface area contributed by atoms with Gasteiger partial charge in [-0.15, -0.1) is 0 Å². The first-order chi connectivity index (χ1) is 17.9. The van der Waals surface area contributed by atoms with Crippen LogP contribution in [0.3, 0.4) is 0 Å². The number of aromatic nitrogens is 2. The van der Waals surface area contributed by atoms with E-state index in [1.54, 1.807) is 23.1 Å². The van der Waals surface area contributed by atoms with Gasteiger partial charge in [-0.2, -0.15) is 0 Å². The van der Waals surface area contributed by atoms with Gasteiger partial charge < -0.3 is 24.6 Å². The van der Waals surface area contributed by atoms with Crippen LogP contribution in [-0.2, 0) is 11.2 Å². The first-order valence-corrected chi connectivity index (χ1v) is 12.3. The molecule has 10 heteroatoms. The highest BCUT2D eigenvalue weighted by atomic mass is 19.1. The predicted octanol–water partition coefficient (Wildman–Crippen LogP) is 3.56. The Balaban J connectivity index is 1.47. The minimum absolute atomic E-state index is 0.0609. The quantitative estimate of drug-likeness (QED) is 0.544. The number of anilines is 2. The van der Waals surface area contributed by atoms with E-state index in [1.165, 1.54) is 13.2 Å². The molecule has 0 spiro atoms. The van der Waals surface area contributed by atoms with Gasteiger partial charge in [-0.25, -0.2) is 18.7 Å². The standard InChI is InChI=1S/C27H29F2N5O3/c1-16(2)34-22-12-18(13-23(36-3)27(22)37-15-25(34)35)26-20(29)14-31-24(32-26)11-17-4-5-21(19(28)10-17)33-8-6-30-7-9-33/h4-5,10,12-14,16,30H,6-9,11,15H2,1-3H3. The molecule has 1 aromatic heterocycles. The van der Waals surface area contributed by atoms with Crippen LogP contribution in [0.1, 0.15) is 25.2 Å². The van der Waals surface area contributed by atoms with Crippen LogP contribution >= 0.6 is 0 Å². The van der Waals surface area contributed by atoms with Crippen molar-refractivity contribution in [2.45, 2.75) is 26.3 Å². The Kier molecular flexibility index (Phi) is 6.92. The Bertz CT molecular complexity index is 1330. The lowest BCUT2D eigenvalue weighted by atomic mass is 10.1. The number of carbonyl (C=O) groups excluding carboxylic acids is 1. The lowest BCUT2D eigenvalue weighted by molar-refractivity contribution is -0.121. The third-order valence-corrected chi connectivity index (χ3v) is 6.54. The molecule has 0 unspecified atom stereocenters. The summed E-state index contributed by atoms with van der Waals surface area (Å²) in [5.41, 5.74) is 2.22. The fourth-order valence-corrected chi connectivity index (χ4v) is 4.80. The van der Waals surface area contributed by atoms with Gasteiger partial charge in [0.25, 0.3) is 5.91 Å². The van der Waals surface area contributed by atoms with E-state index in [9.17, 15) is 13.6 Å². The van der Waals surface area contributed by atoms with Gasteiger partial charge in [-0.1, -0.05) is 6.07 Å². The number of nitrogens with zero attached hydrogens (tertiary/aromatic N) is 4. The molecule has 0 atom stereocenters. The maximum atomic E-state index is 15.0. The smallest absolute Gasteiger partial charge is 0.265 e. The minimum Gasteiger partial charge on any atom is -0.493 e. The molecular weight excluding hydrogens is 480 g/mol. The van der Waals surface area contributed by atoms with Gasteiger partial charge >= 0.3 is 0 Å². The lowest BCUT2D eigenvalue weighted by Crippen LogP contribution is -2.43. The molecule has 5 rings (SSSR count). The first kappa shape index (κ1) is 24.9. The summed E-state index contributed by atoms with van der Waals surface area (Å²) >= 11 is 0. The number of benzene rings is 2. The van der Waals surface area contributed by atoms with Crippen LogP contribution in [0.2, 0.25) is 0 Å². The number of carbonyl (C=O) groups is 1. The average Bonchev–Trinajstić information content (AvgIpc) is 2.89. The number of halogens is 2. The van der Waals surface area contributed by atoms with Crippen molar-refractivity contribution in [3.63, 3.8) is 0 Å². The zero-order valence-electron chi connectivity index (χ0n) is 21.1. The van der Waals surface area contributed by atoms with E-state index < -0.39 is 5.82 Å². The zero-order valence-corrected chi connectivity index (χ0v) is 21.1. The summed E-state index contributed by atoms with van der Waals surface area (Å²) in [5, 5.41) is 3.26. The predicted molar refractivity (Wildman–Crippen MR) is 136 cm³/mol. The topological polar surface area (TPSA) is 79.8 Å². The maximum Gasteiger partial charge on any atom is 0.265 e. The maximum absolute atomic E-state index is 15.0. The van der Waals surface area contributed by atoms with Crippen LogP contribution in [0.5, 0.6) is 11.5 Å². The Hall–Kier alpha value is -3.79. The summed E-state index contributed by atoms with van der Waals surface area (Å²) < 4.78 is 41.0. The summed E-state index contributed by atoms with van der Waals surface area (Å²) in [6.07, 6.45) is 1.34. The molecule has 2 aliphatic rings. The summed E-state index contributed by atoms with van der Waals surface area (Å²) in [7, 11) is 1.49. The number of fused-ring (bicyclic) bond motifs is 1. The normalized spacial score (nSPS) is 15.6. The summed E-state index contributed by atoms with van der Waals surface area (Å²) in [6, 6.07) is 8.26. The van der Waals surface area contributed by atoms with Gasteiger partial charge in [0.15, 0.2) is 23.9 Å². The van der Waals surface area contributed by atoms with Gasteiger partial charge in [0.2, 0.25) is 0 Å². The third-order valence-electron chi connectivity index (χ3n) is 6.54. The Morgan fingerprint density at radius 2 is 1.89 bits per heavy atom. The van der Waals surface area contributed by atoms with E-state index in [1.807, 2.05) is 24.8 Å². The number of nitrogens with one attached hydrogen (secondary N) is 1. The zero-order chi connectivity index (χ0) is 26.1. The largest absolute Gasteiger partial charge is 0.493 e. The molecule has 3 heterocycles. The van der Waals surface area contributed by atoms with Crippen molar-refractivity contribution in [1.29, 1.82) is 0 Å². The van der Waals surface area contributed by atoms with Crippen molar-refractivity contribution in [2.75, 3.05) is 49.7 Å². The van der Waals surface area contributed by atoms with E-state index in [0.29, 0.717) is 39.8 Å². The van der Waals surface area contributed by atoms with Crippen LogP contribution in [0.25, 0.3) is 11.3 Å². The number of rotatable bonds is 6. The van der Waals surface area contributed by atoms with Crippen molar-refractivity contribution in [3.8, 4) is 22.8 Å². The molecule has 37 heavy (non-hydrogen) atoms. The highest BCUT2D eigenvalue weighted by molar-refractivity contribution is 6.00. The van der Waals surface area contributed by atoms with Crippen molar-refractivity contribution in [3.05, 3.63) is 59.6 Å². The van der Waals surface area contributed by atoms with Crippen LogP contribution in [0, 0.1) is 11.6 Å². The van der Waals surface area contributed by atoms with E-state index in [2.05, 4.69) is 15.3 Å². The molecule has 1 fully saturated rings. The molecule has 8 nitrogen and oxygen atoms in total. The van der Waals surface area contributed by atoms with Gasteiger partial charge in [0, 0.05) is 44.2 Å². The highest BCUT2D eigenvalue weighted by Crippen LogP contribution is 2.44. The number of piperazine rings is 1. The molecule has 2 aromatic carbocycles. The second-order valence-corrected chi connectivity index (χ2v) is 9.36. The number of methoxy groups -OCH3 is 1. The summed E-state index contributed by atoms with van der Waals surface area (Å²) in [6.45, 7) is 6.80. The first-order valence-electron chi connectivity index (χ1n) is 12.3. The van der Waals surface area contributed by atoms with E-state index >= 15 is 0 Å². The Labute approximate surface area is 214 Å². The third kappa shape index (κ3) is 4.93. The number of hydrogen-bond donors (Lipinski definition) is 1. The summed E-state index contributed by atoms with van der Waals surface area (Å²) in [5.74, 6) is 0.0158. The van der Waals surface area contributed by atoms with Gasteiger partial charge in [0.05, 0.1) is 24.7 Å². The minimum atomic E-state index is -0.620. The van der Waals surface area contributed by atoms with E-state index in [4.69, 9.17) is 9.47 Å². The molecule has 1 amide bonds. The van der Waals surface area contributed by atoms with Crippen LogP contribution < -0.4 is 24.6 Å². The second kappa shape index (κ2) is 10.3. The average molecular weight is 510 g/mol. The molecule has 3 aromatic rings. The van der Waals surface area contributed by atoms with Crippen LogP contribution in [0.15, 0.2) is 36.5 Å². The summed E-state index contributed by atoms with van der Waals surface area (Å²) in [4.78, 5) is 24.8. The number of hydrogen-bond acceptors (Lipinski definition) is 7. The molecule has 1 saturated heterocycles. The Morgan fingerprint density at radius 1 is 1.11 bits per heavy atom. The van der Waals surface area contributed by atoms with Crippen LogP contribution in [-0.4, -0.2) is 61.8 Å². The van der Waals surface area contributed by atoms with Gasteiger partial charge in [-0.05, 0) is 43.7 Å². The molecular formula is C27H29F2N5O3. The fraction of sp³-hybridized carbons (Fsp3) is 0.370. The van der Waals surface area contributed by atoms with E-state index in [0.717, 1.165) is 32.4 Å². The van der Waals surface area contributed by atoms with Crippen molar-refractivity contribution in [1.82, 2.24) is 15.3 Å². The SMILES string of the molecule is COc1cc(-c2nc(Cc3ccc(N4CCNCC4)c(F)c3)ncc2F)cc2c1OCC(=O)N2C(C)C. The molecule has 0 bridgehead atoms. The molecule has 1 N–H and O–H groups in total. The second-order valence-electron chi connectivity index (χ2n) is 9.36. The monoisotopic (exact) mass is 509 g/mol. The van der Waals surface area contributed by atoms with Crippen molar-refractivity contribution < 1.29 is 23.0 Å².